The maximum absolute atomic E-state index is 6.02. The highest BCUT2D eigenvalue weighted by Crippen LogP contribution is 2.29. The lowest BCUT2D eigenvalue weighted by atomic mass is 10.0. The molecule has 1 atom stereocenters. The third-order valence-corrected chi connectivity index (χ3v) is 6.23. The Labute approximate surface area is 151 Å². The number of rotatable bonds is 7. The van der Waals surface area contributed by atoms with Gasteiger partial charge in [0.25, 0.3) is 0 Å². The molecule has 2 aliphatic heterocycles. The molecular weight excluding hydrogens is 314 g/mol. The highest BCUT2D eigenvalue weighted by Gasteiger charge is 2.28. The fourth-order valence-electron chi connectivity index (χ4n) is 4.76. The average Bonchev–Trinajstić information content (AvgIpc) is 3.31. The Morgan fingerprint density at radius 2 is 1.96 bits per heavy atom. The molecule has 3 heterocycles. The molecule has 0 bridgehead atoms. The molecule has 1 saturated carbocycles. The largest absolute Gasteiger partial charge is 0.381 e. The molecule has 1 aromatic rings. The van der Waals surface area contributed by atoms with Gasteiger partial charge in [-0.05, 0) is 50.0 Å². The Hall–Kier alpha value is -0.910. The van der Waals surface area contributed by atoms with E-state index in [9.17, 15) is 0 Å². The SMILES string of the molecule is c1cc2n(n1)C(CCOCC1CCOCC1)CN(CC1CCCC1)C2. The molecule has 25 heavy (non-hydrogen) atoms. The Morgan fingerprint density at radius 1 is 1.12 bits per heavy atom. The Bertz CT molecular complexity index is 521. The van der Waals surface area contributed by atoms with E-state index in [0.29, 0.717) is 12.0 Å². The van der Waals surface area contributed by atoms with E-state index >= 15 is 0 Å². The molecule has 1 saturated heterocycles. The lowest BCUT2D eigenvalue weighted by molar-refractivity contribution is 0.0153. The second-order valence-electron chi connectivity index (χ2n) is 8.18. The van der Waals surface area contributed by atoms with Gasteiger partial charge in [-0.3, -0.25) is 9.58 Å². The predicted molar refractivity (Wildman–Crippen MR) is 97.5 cm³/mol. The molecule has 4 rings (SSSR count). The van der Waals surface area contributed by atoms with Gasteiger partial charge in [0.05, 0.1) is 11.7 Å². The van der Waals surface area contributed by atoms with E-state index in [4.69, 9.17) is 9.47 Å². The molecule has 0 aromatic carbocycles. The van der Waals surface area contributed by atoms with Crippen molar-refractivity contribution < 1.29 is 9.47 Å². The monoisotopic (exact) mass is 347 g/mol. The van der Waals surface area contributed by atoms with Crippen LogP contribution in [0.4, 0.5) is 0 Å². The molecule has 5 nitrogen and oxygen atoms in total. The van der Waals surface area contributed by atoms with Crippen molar-refractivity contribution in [1.82, 2.24) is 14.7 Å². The summed E-state index contributed by atoms with van der Waals surface area (Å²) in [6.45, 7) is 7.02. The Morgan fingerprint density at radius 3 is 2.80 bits per heavy atom. The summed E-state index contributed by atoms with van der Waals surface area (Å²) < 4.78 is 13.7. The second kappa shape index (κ2) is 8.65. The van der Waals surface area contributed by atoms with Crippen LogP contribution in [0.1, 0.15) is 56.7 Å². The van der Waals surface area contributed by atoms with Gasteiger partial charge in [0.15, 0.2) is 0 Å². The zero-order valence-electron chi connectivity index (χ0n) is 15.4. The molecule has 1 aliphatic carbocycles. The van der Waals surface area contributed by atoms with E-state index in [1.54, 1.807) is 0 Å². The molecule has 5 heteroatoms. The summed E-state index contributed by atoms with van der Waals surface area (Å²) in [5.41, 5.74) is 1.37. The molecule has 1 aromatic heterocycles. The van der Waals surface area contributed by atoms with Crippen molar-refractivity contribution in [3.05, 3.63) is 18.0 Å². The van der Waals surface area contributed by atoms with Crippen LogP contribution in [0.15, 0.2) is 12.3 Å². The van der Waals surface area contributed by atoms with Crippen molar-refractivity contribution >= 4 is 0 Å². The van der Waals surface area contributed by atoms with Gasteiger partial charge in [0.2, 0.25) is 0 Å². The van der Waals surface area contributed by atoms with Gasteiger partial charge < -0.3 is 9.47 Å². The zero-order valence-corrected chi connectivity index (χ0v) is 15.4. The van der Waals surface area contributed by atoms with Crippen LogP contribution < -0.4 is 0 Å². The van der Waals surface area contributed by atoms with Crippen molar-refractivity contribution in [3.8, 4) is 0 Å². The molecule has 3 aliphatic rings. The maximum atomic E-state index is 6.02. The smallest absolute Gasteiger partial charge is 0.0671 e. The standard InChI is InChI=1S/C20H33N3O2/c1-2-4-17(3-1)13-22-14-19-5-9-21-23(19)20(15-22)8-12-25-16-18-6-10-24-11-7-18/h5,9,17-18,20H,1-4,6-8,10-16H2. The van der Waals surface area contributed by atoms with Gasteiger partial charge in [-0.2, -0.15) is 5.10 Å². The van der Waals surface area contributed by atoms with Crippen LogP contribution in [0.3, 0.4) is 0 Å². The Balaban J connectivity index is 1.26. The quantitative estimate of drug-likeness (QED) is 0.710. The van der Waals surface area contributed by atoms with Crippen LogP contribution in [0.2, 0.25) is 0 Å². The van der Waals surface area contributed by atoms with Crippen LogP contribution in [-0.4, -0.2) is 54.2 Å². The maximum Gasteiger partial charge on any atom is 0.0671 e. The number of hydrogen-bond acceptors (Lipinski definition) is 4. The minimum Gasteiger partial charge on any atom is -0.381 e. The van der Waals surface area contributed by atoms with Crippen LogP contribution >= 0.6 is 0 Å². The van der Waals surface area contributed by atoms with Crippen LogP contribution in [0.5, 0.6) is 0 Å². The van der Waals surface area contributed by atoms with Gasteiger partial charge in [-0.1, -0.05) is 12.8 Å². The minimum absolute atomic E-state index is 0.467. The van der Waals surface area contributed by atoms with Gasteiger partial charge in [-0.15, -0.1) is 0 Å². The first-order valence-electron chi connectivity index (χ1n) is 10.3. The lowest BCUT2D eigenvalue weighted by Gasteiger charge is -2.35. The summed E-state index contributed by atoms with van der Waals surface area (Å²) in [6, 6.07) is 2.66. The van der Waals surface area contributed by atoms with Crippen molar-refractivity contribution in [2.75, 3.05) is 39.5 Å². The molecule has 0 amide bonds. The van der Waals surface area contributed by atoms with Gasteiger partial charge >= 0.3 is 0 Å². The lowest BCUT2D eigenvalue weighted by Crippen LogP contribution is -2.40. The molecule has 0 radical (unpaired) electrons. The van der Waals surface area contributed by atoms with Crippen molar-refractivity contribution in [3.63, 3.8) is 0 Å². The van der Waals surface area contributed by atoms with Crippen LogP contribution in [0.25, 0.3) is 0 Å². The van der Waals surface area contributed by atoms with E-state index < -0.39 is 0 Å². The fraction of sp³-hybridized carbons (Fsp3) is 0.850. The minimum atomic E-state index is 0.467. The van der Waals surface area contributed by atoms with E-state index in [2.05, 4.69) is 20.7 Å². The highest BCUT2D eigenvalue weighted by molar-refractivity contribution is 5.05. The molecule has 140 valence electrons. The molecule has 2 fully saturated rings. The van der Waals surface area contributed by atoms with E-state index in [-0.39, 0.29) is 0 Å². The number of aromatic nitrogens is 2. The molecule has 0 spiro atoms. The van der Waals surface area contributed by atoms with Crippen molar-refractivity contribution in [1.29, 1.82) is 0 Å². The van der Waals surface area contributed by atoms with Gasteiger partial charge in [0, 0.05) is 52.3 Å². The number of fused-ring (bicyclic) bond motifs is 1. The summed E-state index contributed by atoms with van der Waals surface area (Å²) in [6.07, 6.45) is 11.1. The Kier molecular flexibility index (Phi) is 6.06. The summed E-state index contributed by atoms with van der Waals surface area (Å²) in [4.78, 5) is 2.66. The molecule has 1 unspecified atom stereocenters. The second-order valence-corrected chi connectivity index (χ2v) is 8.18. The highest BCUT2D eigenvalue weighted by atomic mass is 16.5. The van der Waals surface area contributed by atoms with Crippen LogP contribution in [0, 0.1) is 11.8 Å². The topological polar surface area (TPSA) is 39.5 Å². The van der Waals surface area contributed by atoms with Gasteiger partial charge in [0.1, 0.15) is 0 Å². The summed E-state index contributed by atoms with van der Waals surface area (Å²) in [7, 11) is 0. The van der Waals surface area contributed by atoms with Crippen molar-refractivity contribution in [2.24, 2.45) is 11.8 Å². The summed E-state index contributed by atoms with van der Waals surface area (Å²) >= 11 is 0. The first-order valence-corrected chi connectivity index (χ1v) is 10.3. The normalized spacial score (nSPS) is 26.2. The molecule has 0 N–H and O–H groups in total. The predicted octanol–water partition coefficient (Wildman–Crippen LogP) is 3.26. The number of nitrogens with zero attached hydrogens (tertiary/aromatic N) is 3. The third kappa shape index (κ3) is 4.63. The van der Waals surface area contributed by atoms with Crippen molar-refractivity contribution in [2.45, 2.75) is 57.5 Å². The fourth-order valence-corrected chi connectivity index (χ4v) is 4.76. The van der Waals surface area contributed by atoms with E-state index in [1.807, 2.05) is 6.20 Å². The third-order valence-electron chi connectivity index (χ3n) is 6.23. The first-order chi connectivity index (χ1) is 12.4. The van der Waals surface area contributed by atoms with E-state index in [1.165, 1.54) is 37.9 Å². The first kappa shape index (κ1) is 17.5. The zero-order chi connectivity index (χ0) is 16.9. The van der Waals surface area contributed by atoms with Gasteiger partial charge in [-0.25, -0.2) is 0 Å². The summed E-state index contributed by atoms with van der Waals surface area (Å²) in [5, 5.41) is 4.59. The van der Waals surface area contributed by atoms with E-state index in [0.717, 1.165) is 64.7 Å². The summed E-state index contributed by atoms with van der Waals surface area (Å²) in [5.74, 6) is 1.61. The average molecular weight is 348 g/mol. The molecular formula is C20H33N3O2. The van der Waals surface area contributed by atoms with Crippen LogP contribution in [-0.2, 0) is 16.0 Å². The number of ether oxygens (including phenoxy) is 2. The number of hydrogen-bond donors (Lipinski definition) is 0.